The standard InChI is InChI=1S/C18H27N3O2/c1-7-10-23-17-11-15(8-9-16(17)22-6)12-20-18(19-5)21-14(4)13(2)3/h1,8-9,11,13-14H,10,12H2,2-6H3,(H2,19,20,21). The van der Waals surface area contributed by atoms with Crippen molar-refractivity contribution in [1.29, 1.82) is 0 Å². The first-order chi connectivity index (χ1) is 11.0. The fourth-order valence-electron chi connectivity index (χ4n) is 1.83. The molecular formula is C18H27N3O2. The third kappa shape index (κ3) is 6.11. The maximum atomic E-state index is 5.51. The number of hydrogen-bond acceptors (Lipinski definition) is 3. The van der Waals surface area contributed by atoms with Crippen molar-refractivity contribution in [2.24, 2.45) is 10.9 Å². The Balaban J connectivity index is 2.71. The molecule has 0 aliphatic rings. The SMILES string of the molecule is C#CCOc1cc(CNC(=NC)NC(C)C(C)C)ccc1OC. The van der Waals surface area contributed by atoms with Crippen LogP contribution in [0.2, 0.25) is 0 Å². The predicted molar refractivity (Wildman–Crippen MR) is 95.0 cm³/mol. The summed E-state index contributed by atoms with van der Waals surface area (Å²) < 4.78 is 10.8. The van der Waals surface area contributed by atoms with E-state index in [2.05, 4.69) is 42.3 Å². The van der Waals surface area contributed by atoms with Gasteiger partial charge in [-0.15, -0.1) is 6.42 Å². The van der Waals surface area contributed by atoms with Gasteiger partial charge in [0.1, 0.15) is 6.61 Å². The number of aliphatic imine (C=N–C) groups is 1. The van der Waals surface area contributed by atoms with E-state index in [1.165, 1.54) is 0 Å². The molecule has 1 unspecified atom stereocenters. The molecule has 0 saturated carbocycles. The van der Waals surface area contributed by atoms with Gasteiger partial charge in [-0.3, -0.25) is 4.99 Å². The van der Waals surface area contributed by atoms with Crippen molar-refractivity contribution in [2.45, 2.75) is 33.4 Å². The minimum absolute atomic E-state index is 0.211. The molecule has 2 N–H and O–H groups in total. The topological polar surface area (TPSA) is 54.9 Å². The molecule has 0 aromatic heterocycles. The van der Waals surface area contributed by atoms with E-state index in [4.69, 9.17) is 15.9 Å². The molecule has 0 spiro atoms. The van der Waals surface area contributed by atoms with E-state index in [1.807, 2.05) is 18.2 Å². The summed E-state index contributed by atoms with van der Waals surface area (Å²) in [5.41, 5.74) is 1.05. The van der Waals surface area contributed by atoms with Gasteiger partial charge in [0.2, 0.25) is 0 Å². The van der Waals surface area contributed by atoms with Crippen molar-refractivity contribution in [2.75, 3.05) is 20.8 Å². The van der Waals surface area contributed by atoms with Gasteiger partial charge in [-0.25, -0.2) is 0 Å². The zero-order valence-electron chi connectivity index (χ0n) is 14.6. The highest BCUT2D eigenvalue weighted by Gasteiger charge is 2.10. The van der Waals surface area contributed by atoms with Crippen molar-refractivity contribution in [1.82, 2.24) is 10.6 Å². The van der Waals surface area contributed by atoms with Gasteiger partial charge in [0.25, 0.3) is 0 Å². The molecule has 1 atom stereocenters. The maximum absolute atomic E-state index is 5.51. The number of nitrogens with zero attached hydrogens (tertiary/aromatic N) is 1. The Labute approximate surface area is 139 Å². The Bertz CT molecular complexity index is 562. The van der Waals surface area contributed by atoms with Gasteiger partial charge in [-0.05, 0) is 30.5 Å². The highest BCUT2D eigenvalue weighted by atomic mass is 16.5. The maximum Gasteiger partial charge on any atom is 0.191 e. The summed E-state index contributed by atoms with van der Waals surface area (Å²) >= 11 is 0. The minimum atomic E-state index is 0.211. The molecule has 0 fully saturated rings. The average molecular weight is 317 g/mol. The third-order valence-corrected chi connectivity index (χ3v) is 3.59. The highest BCUT2D eigenvalue weighted by Crippen LogP contribution is 2.27. The normalized spacial score (nSPS) is 12.5. The van der Waals surface area contributed by atoms with Crippen molar-refractivity contribution in [3.8, 4) is 23.8 Å². The van der Waals surface area contributed by atoms with E-state index in [9.17, 15) is 0 Å². The summed E-state index contributed by atoms with van der Waals surface area (Å²) in [5, 5.41) is 6.66. The summed E-state index contributed by atoms with van der Waals surface area (Å²) in [4.78, 5) is 4.24. The zero-order valence-corrected chi connectivity index (χ0v) is 14.6. The number of rotatable bonds is 7. The second-order valence-electron chi connectivity index (χ2n) is 5.58. The van der Waals surface area contributed by atoms with Crippen LogP contribution in [-0.4, -0.2) is 32.8 Å². The minimum Gasteiger partial charge on any atom is -0.493 e. The molecule has 5 nitrogen and oxygen atoms in total. The smallest absolute Gasteiger partial charge is 0.191 e. The molecule has 0 saturated heterocycles. The third-order valence-electron chi connectivity index (χ3n) is 3.59. The van der Waals surface area contributed by atoms with Crippen molar-refractivity contribution in [3.63, 3.8) is 0 Å². The molecule has 5 heteroatoms. The molecule has 0 amide bonds. The predicted octanol–water partition coefficient (Wildman–Crippen LogP) is 2.42. The molecule has 0 radical (unpaired) electrons. The lowest BCUT2D eigenvalue weighted by atomic mass is 10.1. The summed E-state index contributed by atoms with van der Waals surface area (Å²) in [6.45, 7) is 7.31. The monoisotopic (exact) mass is 317 g/mol. The van der Waals surface area contributed by atoms with Crippen LogP contribution >= 0.6 is 0 Å². The van der Waals surface area contributed by atoms with Crippen LogP contribution in [0.25, 0.3) is 0 Å². The molecule has 0 heterocycles. The first-order valence-electron chi connectivity index (χ1n) is 7.72. The second kappa shape index (κ2) is 9.62. The van der Waals surface area contributed by atoms with E-state index in [0.717, 1.165) is 11.5 Å². The van der Waals surface area contributed by atoms with Gasteiger partial charge >= 0.3 is 0 Å². The average Bonchev–Trinajstić information content (AvgIpc) is 2.56. The van der Waals surface area contributed by atoms with Crippen LogP contribution in [0.1, 0.15) is 26.3 Å². The van der Waals surface area contributed by atoms with Crippen molar-refractivity contribution < 1.29 is 9.47 Å². The number of guanidine groups is 1. The largest absolute Gasteiger partial charge is 0.493 e. The first-order valence-corrected chi connectivity index (χ1v) is 7.72. The summed E-state index contributed by atoms with van der Waals surface area (Å²) in [5.74, 6) is 5.06. The van der Waals surface area contributed by atoms with Gasteiger partial charge in [-0.2, -0.15) is 0 Å². The summed E-state index contributed by atoms with van der Waals surface area (Å²) in [7, 11) is 3.37. The lowest BCUT2D eigenvalue weighted by Crippen LogP contribution is -2.43. The Morgan fingerprint density at radius 2 is 2.04 bits per heavy atom. The first kappa shape index (κ1) is 18.7. The number of terminal acetylenes is 1. The van der Waals surface area contributed by atoms with Crippen LogP contribution in [0.4, 0.5) is 0 Å². The lowest BCUT2D eigenvalue weighted by Gasteiger charge is -2.21. The van der Waals surface area contributed by atoms with Crippen LogP contribution in [0.15, 0.2) is 23.2 Å². The van der Waals surface area contributed by atoms with Gasteiger partial charge in [0, 0.05) is 19.6 Å². The molecule has 0 bridgehead atoms. The van der Waals surface area contributed by atoms with Crippen LogP contribution in [0.5, 0.6) is 11.5 Å². The van der Waals surface area contributed by atoms with E-state index in [-0.39, 0.29) is 6.61 Å². The molecule has 1 rings (SSSR count). The molecule has 0 aliphatic carbocycles. The molecular weight excluding hydrogens is 290 g/mol. The quantitative estimate of drug-likeness (QED) is 0.461. The van der Waals surface area contributed by atoms with Gasteiger partial charge in [0.05, 0.1) is 7.11 Å². The zero-order chi connectivity index (χ0) is 17.2. The number of hydrogen-bond donors (Lipinski definition) is 2. The highest BCUT2D eigenvalue weighted by molar-refractivity contribution is 5.79. The van der Waals surface area contributed by atoms with E-state index in [0.29, 0.717) is 30.0 Å². The number of ether oxygens (including phenoxy) is 2. The summed E-state index contributed by atoms with van der Waals surface area (Å²) in [6, 6.07) is 6.11. The van der Waals surface area contributed by atoms with Gasteiger partial charge in [-0.1, -0.05) is 25.8 Å². The van der Waals surface area contributed by atoms with E-state index < -0.39 is 0 Å². The second-order valence-corrected chi connectivity index (χ2v) is 5.58. The Morgan fingerprint density at radius 3 is 2.61 bits per heavy atom. The van der Waals surface area contributed by atoms with E-state index in [1.54, 1.807) is 14.2 Å². The molecule has 126 valence electrons. The molecule has 1 aromatic rings. The van der Waals surface area contributed by atoms with Gasteiger partial charge in [0.15, 0.2) is 17.5 Å². The Morgan fingerprint density at radius 1 is 1.30 bits per heavy atom. The van der Waals surface area contributed by atoms with Crippen molar-refractivity contribution in [3.05, 3.63) is 23.8 Å². The number of benzene rings is 1. The van der Waals surface area contributed by atoms with Crippen LogP contribution in [0.3, 0.4) is 0 Å². The van der Waals surface area contributed by atoms with Crippen LogP contribution in [0, 0.1) is 18.3 Å². The van der Waals surface area contributed by atoms with Crippen LogP contribution < -0.4 is 20.1 Å². The fourth-order valence-corrected chi connectivity index (χ4v) is 1.83. The van der Waals surface area contributed by atoms with Crippen molar-refractivity contribution >= 4 is 5.96 Å². The number of methoxy groups -OCH3 is 1. The Kier molecular flexibility index (Phi) is 7.82. The van der Waals surface area contributed by atoms with Gasteiger partial charge < -0.3 is 20.1 Å². The lowest BCUT2D eigenvalue weighted by molar-refractivity contribution is 0.330. The van der Waals surface area contributed by atoms with E-state index >= 15 is 0 Å². The molecule has 1 aromatic carbocycles. The Hall–Kier alpha value is -2.35. The fraction of sp³-hybridized carbons (Fsp3) is 0.500. The van der Waals surface area contributed by atoms with Crippen LogP contribution in [-0.2, 0) is 6.54 Å². The number of nitrogens with one attached hydrogen (secondary N) is 2. The molecule has 0 aliphatic heterocycles. The molecule has 23 heavy (non-hydrogen) atoms. The summed E-state index contributed by atoms with van der Waals surface area (Å²) in [6.07, 6.45) is 5.24.